The minimum Gasteiger partial charge on any atom is -0.326 e. The van der Waals surface area contributed by atoms with Crippen molar-refractivity contribution in [3.63, 3.8) is 0 Å². The Morgan fingerprint density at radius 1 is 1.17 bits per heavy atom. The minimum absolute atomic E-state index is 0.147. The van der Waals surface area contributed by atoms with Crippen molar-refractivity contribution in [3.8, 4) is 0 Å². The van der Waals surface area contributed by atoms with Gasteiger partial charge in [0.1, 0.15) is 0 Å². The number of hydrazone groups is 1. The average Bonchev–Trinajstić information content (AvgIpc) is 2.29. The molecule has 0 aliphatic heterocycles. The average molecular weight is 247 g/mol. The van der Waals surface area contributed by atoms with Crippen LogP contribution in [0.3, 0.4) is 0 Å². The molecule has 18 heavy (non-hydrogen) atoms. The lowest BCUT2D eigenvalue weighted by molar-refractivity contribution is -0.119. The summed E-state index contributed by atoms with van der Waals surface area (Å²) in [5, 5.41) is 6.53. The van der Waals surface area contributed by atoms with Gasteiger partial charge in [0.05, 0.1) is 6.42 Å². The highest BCUT2D eigenvalue weighted by atomic mass is 16.2. The van der Waals surface area contributed by atoms with Crippen LogP contribution in [-0.2, 0) is 9.59 Å². The third-order valence-electron chi connectivity index (χ3n) is 2.16. The summed E-state index contributed by atoms with van der Waals surface area (Å²) >= 11 is 0. The summed E-state index contributed by atoms with van der Waals surface area (Å²) in [6, 6.07) is 7.53. The summed E-state index contributed by atoms with van der Waals surface area (Å²) in [5.41, 5.74) is 4.73. The first-order valence-corrected chi connectivity index (χ1v) is 5.63. The molecule has 0 aliphatic rings. The van der Waals surface area contributed by atoms with E-state index in [0.717, 1.165) is 11.3 Å². The van der Waals surface area contributed by atoms with Gasteiger partial charge in [0.25, 0.3) is 0 Å². The lowest BCUT2D eigenvalue weighted by Crippen LogP contribution is -2.19. The van der Waals surface area contributed by atoms with Crippen molar-refractivity contribution in [2.24, 2.45) is 5.10 Å². The Labute approximate surface area is 106 Å². The van der Waals surface area contributed by atoms with Gasteiger partial charge in [-0.2, -0.15) is 5.10 Å². The monoisotopic (exact) mass is 247 g/mol. The van der Waals surface area contributed by atoms with Gasteiger partial charge >= 0.3 is 0 Å². The number of nitrogens with zero attached hydrogens (tertiary/aromatic N) is 1. The first-order chi connectivity index (χ1) is 8.47. The smallest absolute Gasteiger partial charge is 0.236 e. The molecular weight excluding hydrogens is 230 g/mol. The molecule has 0 unspecified atom stereocenters. The Hall–Kier alpha value is -2.17. The molecule has 0 bridgehead atoms. The molecule has 0 spiro atoms. The van der Waals surface area contributed by atoms with E-state index in [4.69, 9.17) is 0 Å². The number of carbonyl (C=O) groups is 2. The molecule has 5 nitrogen and oxygen atoms in total. The molecule has 0 aromatic heterocycles. The van der Waals surface area contributed by atoms with Crippen molar-refractivity contribution in [1.82, 2.24) is 5.43 Å². The zero-order chi connectivity index (χ0) is 13.5. The van der Waals surface area contributed by atoms with E-state index in [1.807, 2.05) is 31.2 Å². The predicted molar refractivity (Wildman–Crippen MR) is 71.4 cm³/mol. The highest BCUT2D eigenvalue weighted by Gasteiger charge is 2.04. The number of amides is 2. The molecule has 0 atom stereocenters. The zero-order valence-corrected chi connectivity index (χ0v) is 10.8. The number of hydrogen-bond donors (Lipinski definition) is 2. The first kappa shape index (κ1) is 13.9. The largest absolute Gasteiger partial charge is 0.326 e. The fraction of sp³-hybridized carbons (Fsp3) is 0.308. The van der Waals surface area contributed by atoms with Crippen molar-refractivity contribution in [1.29, 1.82) is 0 Å². The highest BCUT2D eigenvalue weighted by Crippen LogP contribution is 2.08. The van der Waals surface area contributed by atoms with Gasteiger partial charge in [-0.3, -0.25) is 9.59 Å². The van der Waals surface area contributed by atoms with Gasteiger partial charge in [-0.1, -0.05) is 17.7 Å². The molecule has 0 heterocycles. The van der Waals surface area contributed by atoms with Crippen molar-refractivity contribution in [2.45, 2.75) is 27.2 Å². The van der Waals surface area contributed by atoms with Crippen molar-refractivity contribution in [3.05, 3.63) is 29.8 Å². The van der Waals surface area contributed by atoms with Gasteiger partial charge < -0.3 is 5.32 Å². The van der Waals surface area contributed by atoms with Crippen LogP contribution in [0.25, 0.3) is 0 Å². The van der Waals surface area contributed by atoms with E-state index in [9.17, 15) is 9.59 Å². The standard InChI is InChI=1S/C13H17N3O2/c1-9-4-6-12(7-5-9)14-13(18)8-10(2)15-16-11(3)17/h4-7H,8H2,1-3H3,(H,14,18)(H,16,17). The van der Waals surface area contributed by atoms with E-state index in [1.54, 1.807) is 6.92 Å². The highest BCUT2D eigenvalue weighted by molar-refractivity contribution is 6.05. The molecule has 2 N–H and O–H groups in total. The van der Waals surface area contributed by atoms with Gasteiger partial charge in [-0.05, 0) is 26.0 Å². The number of rotatable bonds is 4. The number of nitrogens with one attached hydrogen (secondary N) is 2. The maximum absolute atomic E-state index is 11.6. The van der Waals surface area contributed by atoms with Crippen LogP contribution in [0.1, 0.15) is 25.8 Å². The fourth-order valence-corrected chi connectivity index (χ4v) is 1.29. The first-order valence-electron chi connectivity index (χ1n) is 5.63. The maximum Gasteiger partial charge on any atom is 0.236 e. The molecule has 0 saturated carbocycles. The minimum atomic E-state index is -0.256. The van der Waals surface area contributed by atoms with Crippen molar-refractivity contribution >= 4 is 23.2 Å². The molecule has 2 amide bonds. The van der Waals surface area contributed by atoms with E-state index in [0.29, 0.717) is 5.71 Å². The van der Waals surface area contributed by atoms with Crippen LogP contribution in [0.15, 0.2) is 29.4 Å². The third kappa shape index (κ3) is 5.25. The molecule has 96 valence electrons. The van der Waals surface area contributed by atoms with Crippen LogP contribution in [0.5, 0.6) is 0 Å². The molecular formula is C13H17N3O2. The molecule has 0 radical (unpaired) electrons. The van der Waals surface area contributed by atoms with Crippen LogP contribution < -0.4 is 10.7 Å². The van der Waals surface area contributed by atoms with E-state index in [-0.39, 0.29) is 18.2 Å². The Morgan fingerprint density at radius 3 is 2.33 bits per heavy atom. The summed E-state index contributed by atoms with van der Waals surface area (Å²) in [5.74, 6) is -0.418. The third-order valence-corrected chi connectivity index (χ3v) is 2.16. The Balaban J connectivity index is 2.49. The second-order valence-electron chi connectivity index (χ2n) is 4.11. The molecule has 0 fully saturated rings. The van der Waals surface area contributed by atoms with E-state index in [2.05, 4.69) is 15.8 Å². The maximum atomic E-state index is 11.6. The summed E-state index contributed by atoms with van der Waals surface area (Å²) in [4.78, 5) is 22.3. The number of anilines is 1. The molecule has 0 saturated heterocycles. The van der Waals surface area contributed by atoms with Gasteiger partial charge in [0.2, 0.25) is 11.8 Å². The van der Waals surface area contributed by atoms with Gasteiger partial charge in [-0.15, -0.1) is 0 Å². The molecule has 0 aliphatic carbocycles. The van der Waals surface area contributed by atoms with Crippen LogP contribution >= 0.6 is 0 Å². The number of benzene rings is 1. The Kier molecular flexibility index (Phi) is 5.05. The summed E-state index contributed by atoms with van der Waals surface area (Å²) in [6.45, 7) is 5.03. The van der Waals surface area contributed by atoms with E-state index >= 15 is 0 Å². The van der Waals surface area contributed by atoms with Gasteiger partial charge in [-0.25, -0.2) is 5.43 Å². The van der Waals surface area contributed by atoms with E-state index in [1.165, 1.54) is 6.92 Å². The second kappa shape index (κ2) is 6.54. The normalized spacial score (nSPS) is 10.9. The zero-order valence-electron chi connectivity index (χ0n) is 10.8. The van der Waals surface area contributed by atoms with Crippen LogP contribution in [0.4, 0.5) is 5.69 Å². The van der Waals surface area contributed by atoms with Crippen LogP contribution in [0.2, 0.25) is 0 Å². The number of carbonyl (C=O) groups excluding carboxylic acids is 2. The van der Waals surface area contributed by atoms with Crippen molar-refractivity contribution in [2.75, 3.05) is 5.32 Å². The van der Waals surface area contributed by atoms with Crippen LogP contribution in [-0.4, -0.2) is 17.5 Å². The summed E-state index contributed by atoms with van der Waals surface area (Å²) in [7, 11) is 0. The lowest BCUT2D eigenvalue weighted by atomic mass is 10.2. The van der Waals surface area contributed by atoms with Crippen LogP contribution in [0, 0.1) is 6.92 Å². The predicted octanol–water partition coefficient (Wildman–Crippen LogP) is 1.84. The Morgan fingerprint density at radius 2 is 1.78 bits per heavy atom. The molecule has 1 aromatic rings. The fourth-order valence-electron chi connectivity index (χ4n) is 1.29. The molecule has 5 heteroatoms. The lowest BCUT2D eigenvalue weighted by Gasteiger charge is -2.05. The van der Waals surface area contributed by atoms with Gasteiger partial charge in [0.15, 0.2) is 0 Å². The topological polar surface area (TPSA) is 70.6 Å². The number of hydrogen-bond acceptors (Lipinski definition) is 3. The summed E-state index contributed by atoms with van der Waals surface area (Å²) in [6.07, 6.45) is 0.147. The summed E-state index contributed by atoms with van der Waals surface area (Å²) < 4.78 is 0. The molecule has 1 rings (SSSR count). The van der Waals surface area contributed by atoms with Crippen molar-refractivity contribution < 1.29 is 9.59 Å². The number of aryl methyl sites for hydroxylation is 1. The second-order valence-corrected chi connectivity index (χ2v) is 4.11. The van der Waals surface area contributed by atoms with E-state index < -0.39 is 0 Å². The SMILES string of the molecule is CC(=O)NN=C(C)CC(=O)Nc1ccc(C)cc1. The quantitative estimate of drug-likeness (QED) is 0.629. The van der Waals surface area contributed by atoms with Gasteiger partial charge in [0, 0.05) is 18.3 Å². The molecule has 1 aromatic carbocycles. The Bertz CT molecular complexity index is 464.